The molecule has 1 amide bonds. The molecule has 2 aliphatic rings. The summed E-state index contributed by atoms with van der Waals surface area (Å²) in [4.78, 5) is 25.5. The number of hydrogen-bond donors (Lipinski definition) is 1. The average Bonchev–Trinajstić information content (AvgIpc) is 3.27. The third-order valence-electron chi connectivity index (χ3n) is 8.15. The molecule has 2 aromatic carbocycles. The van der Waals surface area contributed by atoms with Crippen molar-refractivity contribution in [3.05, 3.63) is 83.4 Å². The van der Waals surface area contributed by atoms with Crippen LogP contribution in [0.1, 0.15) is 63.4 Å². The lowest BCUT2D eigenvalue weighted by Crippen LogP contribution is -2.59. The first-order chi connectivity index (χ1) is 19.8. The number of carbonyl (C=O) groups excluding carboxylic acids is 2. The minimum atomic E-state index is -2.27. The third-order valence-corrected chi connectivity index (χ3v) is 12.6. The zero-order chi connectivity index (χ0) is 30.5. The maximum absolute atomic E-state index is 13.1. The van der Waals surface area contributed by atoms with Gasteiger partial charge >= 0.3 is 12.1 Å². The van der Waals surface area contributed by atoms with Crippen LogP contribution in [-0.2, 0) is 30.0 Å². The third kappa shape index (κ3) is 8.10. The summed E-state index contributed by atoms with van der Waals surface area (Å²) in [7, 11) is -2.27. The molecule has 8 nitrogen and oxygen atoms in total. The monoisotopic (exact) mass is 595 g/mol. The Labute approximate surface area is 250 Å². The van der Waals surface area contributed by atoms with Gasteiger partial charge in [0.05, 0.1) is 24.3 Å². The molecule has 1 aliphatic heterocycles. The quantitative estimate of drug-likeness (QED) is 0.140. The van der Waals surface area contributed by atoms with Crippen LogP contribution in [0.25, 0.3) is 0 Å². The van der Waals surface area contributed by atoms with Gasteiger partial charge in [-0.15, -0.1) is 0 Å². The second kappa shape index (κ2) is 13.1. The first-order valence-corrected chi connectivity index (χ1v) is 17.6. The predicted molar refractivity (Wildman–Crippen MR) is 163 cm³/mol. The molecular formula is C33H45NO7Si. The summed E-state index contributed by atoms with van der Waals surface area (Å²) >= 11 is 0. The van der Waals surface area contributed by atoms with Crippen LogP contribution in [0.4, 0.5) is 4.79 Å². The van der Waals surface area contributed by atoms with Gasteiger partial charge in [-0.2, -0.15) is 0 Å². The molecule has 2 aromatic rings. The molecule has 1 fully saturated rings. The Morgan fingerprint density at radius 1 is 0.952 bits per heavy atom. The number of nitrogens with one attached hydrogen (secondary N) is 1. The number of esters is 1. The van der Waals surface area contributed by atoms with Crippen molar-refractivity contribution >= 4 is 20.4 Å². The van der Waals surface area contributed by atoms with Crippen molar-refractivity contribution in [1.29, 1.82) is 0 Å². The Kier molecular flexibility index (Phi) is 9.98. The molecule has 0 unspecified atom stereocenters. The van der Waals surface area contributed by atoms with E-state index in [1.165, 1.54) is 0 Å². The van der Waals surface area contributed by atoms with Gasteiger partial charge in [-0.25, -0.2) is 9.59 Å². The smallest absolute Gasteiger partial charge is 0.408 e. The zero-order valence-corrected chi connectivity index (χ0v) is 26.8. The maximum atomic E-state index is 13.1. The number of alkyl carbamates (subject to hydrolysis) is 1. The number of hydrogen-bond acceptors (Lipinski definition) is 7. The highest BCUT2D eigenvalue weighted by molar-refractivity contribution is 6.74. The lowest BCUT2D eigenvalue weighted by atomic mass is 9.86. The van der Waals surface area contributed by atoms with Crippen LogP contribution in [0.2, 0.25) is 18.1 Å². The number of carbonyl (C=O) groups is 2. The van der Waals surface area contributed by atoms with Crippen molar-refractivity contribution in [3.63, 3.8) is 0 Å². The Morgan fingerprint density at radius 3 is 2.24 bits per heavy atom. The molecule has 9 heteroatoms. The number of ether oxygens (including phenoxy) is 4. The highest BCUT2D eigenvalue weighted by atomic mass is 28.4. The molecule has 1 saturated heterocycles. The van der Waals surface area contributed by atoms with Crippen molar-refractivity contribution in [2.24, 2.45) is 0 Å². The molecule has 0 spiro atoms. The van der Waals surface area contributed by atoms with Crippen LogP contribution in [0, 0.1) is 0 Å². The van der Waals surface area contributed by atoms with E-state index in [4.69, 9.17) is 23.4 Å². The fourth-order valence-corrected chi connectivity index (χ4v) is 6.26. The van der Waals surface area contributed by atoms with Crippen LogP contribution in [0.5, 0.6) is 0 Å². The summed E-state index contributed by atoms with van der Waals surface area (Å²) in [6.45, 7) is 15.1. The summed E-state index contributed by atoms with van der Waals surface area (Å²) < 4.78 is 30.9. The molecular weight excluding hydrogens is 550 g/mol. The van der Waals surface area contributed by atoms with Gasteiger partial charge < -0.3 is 28.7 Å². The highest BCUT2D eigenvalue weighted by Crippen LogP contribution is 2.44. The normalized spacial score (nSPS) is 23.5. The van der Waals surface area contributed by atoms with Gasteiger partial charge in [0.25, 0.3) is 0 Å². The van der Waals surface area contributed by atoms with Crippen molar-refractivity contribution in [3.8, 4) is 0 Å². The molecule has 4 rings (SSSR count). The minimum Gasteiger partial charge on any atom is -0.462 e. The average molecular weight is 596 g/mol. The lowest BCUT2D eigenvalue weighted by molar-refractivity contribution is -0.152. The molecule has 1 aliphatic carbocycles. The fourth-order valence-electron chi connectivity index (χ4n) is 4.95. The Bertz CT molecular complexity index is 1240. The van der Waals surface area contributed by atoms with Crippen molar-refractivity contribution in [1.82, 2.24) is 5.32 Å². The second-order valence-corrected chi connectivity index (χ2v) is 17.7. The summed E-state index contributed by atoms with van der Waals surface area (Å²) in [6, 6.07) is 18.0. The first-order valence-electron chi connectivity index (χ1n) is 14.7. The fraction of sp³-hybridized carbons (Fsp3) is 0.515. The van der Waals surface area contributed by atoms with E-state index in [1.807, 2.05) is 68.5 Å². The number of rotatable bonds is 10. The largest absolute Gasteiger partial charge is 0.462 e. The number of benzene rings is 2. The summed E-state index contributed by atoms with van der Waals surface area (Å²) in [5, 5.41) is 3.00. The maximum Gasteiger partial charge on any atom is 0.408 e. The standard InChI is InChI=1S/C33H45NO7Si/c1-32(2,3)42(6,7)41-28-26(34-31(36)38-22-23-15-10-8-11-16-23)21-25(27-29(28)40-33(4,5)39-27)19-14-20-37-30(35)24-17-12-9-13-18-24/h8-13,15-18,21,26-29H,14,19-20,22H2,1-7H3,(H,34,36)/t26-,27-,28-,29-/m1/s1. The van der Waals surface area contributed by atoms with E-state index in [1.54, 1.807) is 12.1 Å². The van der Waals surface area contributed by atoms with Crippen LogP contribution in [0.15, 0.2) is 72.3 Å². The number of amides is 1. The van der Waals surface area contributed by atoms with E-state index in [0.29, 0.717) is 18.4 Å². The van der Waals surface area contributed by atoms with Gasteiger partial charge in [0.15, 0.2) is 14.1 Å². The Morgan fingerprint density at radius 2 is 1.60 bits per heavy atom. The Balaban J connectivity index is 1.52. The molecule has 0 aromatic heterocycles. The summed E-state index contributed by atoms with van der Waals surface area (Å²) in [5.74, 6) is -1.18. The molecule has 0 saturated carbocycles. The van der Waals surface area contributed by atoms with E-state index in [-0.39, 0.29) is 30.3 Å². The molecule has 228 valence electrons. The minimum absolute atomic E-state index is 0.0531. The molecule has 4 atom stereocenters. The van der Waals surface area contributed by atoms with Gasteiger partial charge in [-0.05, 0) is 68.1 Å². The lowest BCUT2D eigenvalue weighted by Gasteiger charge is -2.45. The van der Waals surface area contributed by atoms with Gasteiger partial charge in [-0.3, -0.25) is 0 Å². The molecule has 1 N–H and O–H groups in total. The SMILES string of the molecule is CC1(C)O[C@H]2[C@H](O[Si](C)(C)C(C)(C)C)[C@H](NC(=O)OCc3ccccc3)C=C(CCCOC(=O)c3ccccc3)[C@H]2O1. The van der Waals surface area contributed by atoms with E-state index < -0.39 is 38.4 Å². The van der Waals surface area contributed by atoms with Crippen LogP contribution >= 0.6 is 0 Å². The zero-order valence-electron chi connectivity index (χ0n) is 25.8. The first kappa shape index (κ1) is 31.9. The molecule has 0 radical (unpaired) electrons. The van der Waals surface area contributed by atoms with Gasteiger partial charge in [-0.1, -0.05) is 75.4 Å². The van der Waals surface area contributed by atoms with Crippen LogP contribution < -0.4 is 5.32 Å². The van der Waals surface area contributed by atoms with Crippen LogP contribution in [0.3, 0.4) is 0 Å². The van der Waals surface area contributed by atoms with Crippen LogP contribution in [-0.4, -0.2) is 57.1 Å². The summed E-state index contributed by atoms with van der Waals surface area (Å²) in [5.41, 5.74) is 2.40. The Hall–Kier alpha value is -2.98. The van der Waals surface area contributed by atoms with E-state index in [9.17, 15) is 9.59 Å². The van der Waals surface area contributed by atoms with Crippen molar-refractivity contribution in [2.45, 2.75) is 102 Å². The second-order valence-electron chi connectivity index (χ2n) is 12.9. The molecule has 1 heterocycles. The molecule has 0 bridgehead atoms. The van der Waals surface area contributed by atoms with Gasteiger partial charge in [0.2, 0.25) is 0 Å². The van der Waals surface area contributed by atoms with E-state index >= 15 is 0 Å². The van der Waals surface area contributed by atoms with Crippen molar-refractivity contribution in [2.75, 3.05) is 6.61 Å². The van der Waals surface area contributed by atoms with Gasteiger partial charge in [0, 0.05) is 0 Å². The highest BCUT2D eigenvalue weighted by Gasteiger charge is 2.54. The van der Waals surface area contributed by atoms with E-state index in [0.717, 1.165) is 11.1 Å². The molecule has 42 heavy (non-hydrogen) atoms. The van der Waals surface area contributed by atoms with Gasteiger partial charge in [0.1, 0.15) is 18.8 Å². The van der Waals surface area contributed by atoms with E-state index in [2.05, 4.69) is 39.2 Å². The topological polar surface area (TPSA) is 92.3 Å². The van der Waals surface area contributed by atoms with Crippen molar-refractivity contribution < 1.29 is 33.0 Å². The number of fused-ring (bicyclic) bond motifs is 1. The predicted octanol–water partition coefficient (Wildman–Crippen LogP) is 6.77. The summed E-state index contributed by atoms with van der Waals surface area (Å²) in [6.07, 6.45) is 1.44.